The molecule has 0 bridgehead atoms. The van der Waals surface area contributed by atoms with Gasteiger partial charge in [-0.2, -0.15) is 5.10 Å². The van der Waals surface area contributed by atoms with Crippen molar-refractivity contribution in [2.45, 2.75) is 39.3 Å². The van der Waals surface area contributed by atoms with Gasteiger partial charge in [-0.25, -0.2) is 4.99 Å². The minimum atomic E-state index is 0. The van der Waals surface area contributed by atoms with Gasteiger partial charge in [0.2, 0.25) is 0 Å². The SMILES string of the molecule is Cc1n[nH]c(C)c1CN=C(N)NC1CC1.I. The maximum absolute atomic E-state index is 5.74. The van der Waals surface area contributed by atoms with E-state index in [-0.39, 0.29) is 24.0 Å². The summed E-state index contributed by atoms with van der Waals surface area (Å²) in [6.45, 7) is 4.56. The summed E-state index contributed by atoms with van der Waals surface area (Å²) < 4.78 is 0. The molecule has 90 valence electrons. The van der Waals surface area contributed by atoms with Crippen LogP contribution in [0.3, 0.4) is 0 Å². The predicted octanol–water partition coefficient (Wildman–Crippen LogP) is 1.21. The summed E-state index contributed by atoms with van der Waals surface area (Å²) >= 11 is 0. The average molecular weight is 335 g/mol. The molecule has 0 atom stereocenters. The van der Waals surface area contributed by atoms with Crippen LogP contribution in [0, 0.1) is 13.8 Å². The molecular weight excluding hydrogens is 317 g/mol. The second kappa shape index (κ2) is 5.51. The summed E-state index contributed by atoms with van der Waals surface area (Å²) in [5.74, 6) is 0.539. The molecule has 0 amide bonds. The van der Waals surface area contributed by atoms with Crippen molar-refractivity contribution in [2.24, 2.45) is 10.7 Å². The third-order valence-corrected chi connectivity index (χ3v) is 2.62. The quantitative estimate of drug-likeness (QED) is 0.441. The number of aromatic nitrogens is 2. The molecule has 5 nitrogen and oxygen atoms in total. The van der Waals surface area contributed by atoms with Crippen molar-refractivity contribution in [3.63, 3.8) is 0 Å². The molecule has 1 aromatic rings. The molecule has 1 heterocycles. The maximum Gasteiger partial charge on any atom is 0.189 e. The smallest absolute Gasteiger partial charge is 0.189 e. The highest BCUT2D eigenvalue weighted by Crippen LogP contribution is 2.18. The second-order valence-electron chi connectivity index (χ2n) is 4.03. The van der Waals surface area contributed by atoms with Gasteiger partial charge in [-0.05, 0) is 26.7 Å². The predicted molar refractivity (Wildman–Crippen MR) is 75.0 cm³/mol. The summed E-state index contributed by atoms with van der Waals surface area (Å²) in [6, 6.07) is 0.556. The van der Waals surface area contributed by atoms with Gasteiger partial charge in [0.1, 0.15) is 0 Å². The lowest BCUT2D eigenvalue weighted by Crippen LogP contribution is -2.33. The number of hydrogen-bond acceptors (Lipinski definition) is 2. The molecule has 0 unspecified atom stereocenters. The van der Waals surface area contributed by atoms with Gasteiger partial charge in [-0.1, -0.05) is 0 Å². The van der Waals surface area contributed by atoms with Crippen LogP contribution < -0.4 is 11.1 Å². The molecule has 1 aromatic heterocycles. The van der Waals surface area contributed by atoms with E-state index in [1.165, 1.54) is 12.8 Å². The first-order chi connectivity index (χ1) is 7.16. The van der Waals surface area contributed by atoms with E-state index in [9.17, 15) is 0 Å². The van der Waals surface area contributed by atoms with Crippen LogP contribution in [0.4, 0.5) is 0 Å². The van der Waals surface area contributed by atoms with E-state index in [2.05, 4.69) is 20.5 Å². The maximum atomic E-state index is 5.74. The van der Waals surface area contributed by atoms with Crippen LogP contribution >= 0.6 is 24.0 Å². The molecule has 0 aliphatic heterocycles. The zero-order valence-corrected chi connectivity index (χ0v) is 11.9. The fourth-order valence-corrected chi connectivity index (χ4v) is 1.45. The van der Waals surface area contributed by atoms with Gasteiger partial charge in [0.25, 0.3) is 0 Å². The molecule has 1 aliphatic carbocycles. The van der Waals surface area contributed by atoms with Gasteiger partial charge in [0.15, 0.2) is 5.96 Å². The fourth-order valence-electron chi connectivity index (χ4n) is 1.45. The van der Waals surface area contributed by atoms with E-state index in [1.54, 1.807) is 0 Å². The lowest BCUT2D eigenvalue weighted by molar-refractivity contribution is 0.876. The first-order valence-electron chi connectivity index (χ1n) is 5.23. The molecule has 0 aromatic carbocycles. The highest BCUT2D eigenvalue weighted by Gasteiger charge is 2.21. The molecule has 0 saturated heterocycles. The topological polar surface area (TPSA) is 79.1 Å². The summed E-state index contributed by atoms with van der Waals surface area (Å²) in [5.41, 5.74) is 8.94. The minimum Gasteiger partial charge on any atom is -0.370 e. The van der Waals surface area contributed by atoms with E-state index in [0.717, 1.165) is 17.0 Å². The van der Waals surface area contributed by atoms with E-state index in [0.29, 0.717) is 18.5 Å². The number of rotatable bonds is 3. The Balaban J connectivity index is 0.00000128. The molecule has 0 spiro atoms. The Morgan fingerprint density at radius 3 is 2.75 bits per heavy atom. The number of hydrogen-bond donors (Lipinski definition) is 3. The molecule has 16 heavy (non-hydrogen) atoms. The van der Waals surface area contributed by atoms with Crippen molar-refractivity contribution < 1.29 is 0 Å². The lowest BCUT2D eigenvalue weighted by Gasteiger charge is -2.02. The summed E-state index contributed by atoms with van der Waals surface area (Å²) in [7, 11) is 0. The van der Waals surface area contributed by atoms with Gasteiger partial charge < -0.3 is 11.1 Å². The van der Waals surface area contributed by atoms with Crippen LogP contribution in [0.2, 0.25) is 0 Å². The van der Waals surface area contributed by atoms with Crippen LogP contribution in [-0.4, -0.2) is 22.2 Å². The Bertz CT molecular complexity index is 361. The normalized spacial score (nSPS) is 15.8. The highest BCUT2D eigenvalue weighted by atomic mass is 127. The molecule has 2 rings (SSSR count). The van der Waals surface area contributed by atoms with Crippen molar-refractivity contribution in [3.8, 4) is 0 Å². The lowest BCUT2D eigenvalue weighted by atomic mass is 10.2. The van der Waals surface area contributed by atoms with Crippen molar-refractivity contribution in [1.29, 1.82) is 0 Å². The number of aliphatic imine (C=N–C) groups is 1. The zero-order valence-electron chi connectivity index (χ0n) is 9.58. The van der Waals surface area contributed by atoms with Gasteiger partial charge in [0, 0.05) is 17.3 Å². The van der Waals surface area contributed by atoms with Gasteiger partial charge in [-0.3, -0.25) is 5.10 Å². The molecular formula is C10H18IN5. The number of guanidine groups is 1. The van der Waals surface area contributed by atoms with Crippen LogP contribution in [0.15, 0.2) is 4.99 Å². The average Bonchev–Trinajstić information content (AvgIpc) is 2.93. The third kappa shape index (κ3) is 3.36. The van der Waals surface area contributed by atoms with Crippen LogP contribution in [0.25, 0.3) is 0 Å². The van der Waals surface area contributed by atoms with E-state index >= 15 is 0 Å². The first-order valence-corrected chi connectivity index (χ1v) is 5.23. The highest BCUT2D eigenvalue weighted by molar-refractivity contribution is 14.0. The van der Waals surface area contributed by atoms with E-state index in [1.807, 2.05) is 13.8 Å². The van der Waals surface area contributed by atoms with Gasteiger partial charge >= 0.3 is 0 Å². The Morgan fingerprint density at radius 1 is 1.56 bits per heavy atom. The van der Waals surface area contributed by atoms with Crippen molar-refractivity contribution >= 4 is 29.9 Å². The number of aromatic amines is 1. The van der Waals surface area contributed by atoms with Crippen molar-refractivity contribution in [3.05, 3.63) is 17.0 Å². The van der Waals surface area contributed by atoms with E-state index < -0.39 is 0 Å². The molecule has 1 saturated carbocycles. The van der Waals surface area contributed by atoms with Crippen molar-refractivity contribution in [2.75, 3.05) is 0 Å². The third-order valence-electron chi connectivity index (χ3n) is 2.62. The molecule has 1 fully saturated rings. The van der Waals surface area contributed by atoms with Crippen LogP contribution in [0.1, 0.15) is 29.8 Å². The van der Waals surface area contributed by atoms with Gasteiger partial charge in [0.05, 0.1) is 12.2 Å². The number of H-pyrrole nitrogens is 1. The van der Waals surface area contributed by atoms with E-state index in [4.69, 9.17) is 5.73 Å². The molecule has 0 radical (unpaired) electrons. The minimum absolute atomic E-state index is 0. The second-order valence-corrected chi connectivity index (χ2v) is 4.03. The van der Waals surface area contributed by atoms with Gasteiger partial charge in [-0.15, -0.1) is 24.0 Å². The fraction of sp³-hybridized carbons (Fsp3) is 0.600. The number of nitrogens with one attached hydrogen (secondary N) is 2. The molecule has 1 aliphatic rings. The monoisotopic (exact) mass is 335 g/mol. The zero-order chi connectivity index (χ0) is 10.8. The summed E-state index contributed by atoms with van der Waals surface area (Å²) in [5, 5.41) is 10.2. The number of halogens is 1. The number of aryl methyl sites for hydroxylation is 2. The molecule has 4 N–H and O–H groups in total. The largest absolute Gasteiger partial charge is 0.370 e. The van der Waals surface area contributed by atoms with Crippen LogP contribution in [-0.2, 0) is 6.54 Å². The Hall–Kier alpha value is -0.790. The number of nitrogens with zero attached hydrogens (tertiary/aromatic N) is 2. The number of nitrogens with two attached hydrogens (primary N) is 1. The van der Waals surface area contributed by atoms with Crippen molar-refractivity contribution in [1.82, 2.24) is 15.5 Å². The summed E-state index contributed by atoms with van der Waals surface area (Å²) in [6.07, 6.45) is 2.42. The Morgan fingerprint density at radius 2 is 2.25 bits per heavy atom. The first kappa shape index (κ1) is 13.3. The van der Waals surface area contributed by atoms with Crippen LogP contribution in [0.5, 0.6) is 0 Å². The Kier molecular flexibility index (Phi) is 4.57. The molecule has 6 heteroatoms. The Labute approximate surface area is 112 Å². The summed E-state index contributed by atoms with van der Waals surface area (Å²) in [4.78, 5) is 4.29. The standard InChI is InChI=1S/C10H17N5.HI/c1-6-9(7(2)15-14-6)5-12-10(11)13-8-3-4-8;/h8H,3-5H2,1-2H3,(H,14,15)(H3,11,12,13);1H.